The number of benzene rings is 3. The number of methoxy groups -OCH3 is 1. The Labute approximate surface area is 210 Å². The maximum Gasteiger partial charge on any atom is 0.243 e. The molecule has 1 atom stereocenters. The summed E-state index contributed by atoms with van der Waals surface area (Å²) in [6.07, 6.45) is 1.20. The third kappa shape index (κ3) is 6.14. The first-order valence-electron chi connectivity index (χ1n) is 11.3. The summed E-state index contributed by atoms with van der Waals surface area (Å²) in [6.45, 7) is 0.914. The van der Waals surface area contributed by atoms with Crippen molar-refractivity contribution in [3.05, 3.63) is 83.4 Å². The van der Waals surface area contributed by atoms with Gasteiger partial charge in [-0.15, -0.1) is 0 Å². The molecule has 1 N–H and O–H groups in total. The normalized spacial score (nSPS) is 16.5. The second kappa shape index (κ2) is 11.1. The van der Waals surface area contributed by atoms with Gasteiger partial charge < -0.3 is 14.8 Å². The molecule has 1 amide bonds. The molecule has 1 heterocycles. The van der Waals surface area contributed by atoms with Gasteiger partial charge in [-0.2, -0.15) is 4.31 Å². The van der Waals surface area contributed by atoms with E-state index in [-0.39, 0.29) is 22.4 Å². The van der Waals surface area contributed by atoms with Gasteiger partial charge in [0, 0.05) is 18.8 Å². The number of amides is 1. The first kappa shape index (κ1) is 25.0. The summed E-state index contributed by atoms with van der Waals surface area (Å²) in [5.41, 5.74) is 1.70. The molecule has 3 aromatic carbocycles. The molecule has 3 aromatic rings. The zero-order valence-electron chi connectivity index (χ0n) is 19.3. The SMILES string of the molecule is COc1ccc(S(=O)(=O)N2CCC[C@@H](C(=O)Nc3ccc(OCc4ccccc4)cc3)C2)cc1Cl. The number of anilines is 1. The van der Waals surface area contributed by atoms with E-state index < -0.39 is 15.9 Å². The third-order valence-electron chi connectivity index (χ3n) is 5.89. The van der Waals surface area contributed by atoms with Gasteiger partial charge >= 0.3 is 0 Å². The van der Waals surface area contributed by atoms with Crippen LogP contribution >= 0.6 is 11.6 Å². The fraction of sp³-hybridized carbons (Fsp3) is 0.269. The summed E-state index contributed by atoms with van der Waals surface area (Å²) in [5.74, 6) is 0.426. The quantitative estimate of drug-likeness (QED) is 0.459. The first-order valence-corrected chi connectivity index (χ1v) is 13.1. The average molecular weight is 515 g/mol. The number of ether oxygens (including phenoxy) is 2. The van der Waals surface area contributed by atoms with Crippen LogP contribution in [-0.2, 0) is 21.4 Å². The van der Waals surface area contributed by atoms with Crippen molar-refractivity contribution in [2.45, 2.75) is 24.3 Å². The zero-order valence-corrected chi connectivity index (χ0v) is 20.9. The topological polar surface area (TPSA) is 84.9 Å². The molecule has 35 heavy (non-hydrogen) atoms. The van der Waals surface area contributed by atoms with Crippen molar-refractivity contribution in [3.8, 4) is 11.5 Å². The van der Waals surface area contributed by atoms with Crippen LogP contribution in [0.5, 0.6) is 11.5 Å². The highest BCUT2D eigenvalue weighted by molar-refractivity contribution is 7.89. The minimum Gasteiger partial charge on any atom is -0.495 e. The lowest BCUT2D eigenvalue weighted by molar-refractivity contribution is -0.120. The van der Waals surface area contributed by atoms with Crippen molar-refractivity contribution >= 4 is 33.2 Å². The molecule has 9 heteroatoms. The molecule has 0 unspecified atom stereocenters. The van der Waals surface area contributed by atoms with Crippen molar-refractivity contribution in [2.24, 2.45) is 5.92 Å². The number of sulfonamides is 1. The van der Waals surface area contributed by atoms with Crippen LogP contribution in [0, 0.1) is 5.92 Å². The molecule has 0 aliphatic carbocycles. The molecule has 184 valence electrons. The molecule has 0 aromatic heterocycles. The smallest absolute Gasteiger partial charge is 0.243 e. The first-order chi connectivity index (χ1) is 16.9. The molecular weight excluding hydrogens is 488 g/mol. The molecule has 1 aliphatic heterocycles. The maximum atomic E-state index is 13.1. The molecule has 0 radical (unpaired) electrons. The maximum absolute atomic E-state index is 13.1. The fourth-order valence-electron chi connectivity index (χ4n) is 3.95. The third-order valence-corrected chi connectivity index (χ3v) is 8.04. The lowest BCUT2D eigenvalue weighted by Gasteiger charge is -2.31. The zero-order chi connectivity index (χ0) is 24.8. The van der Waals surface area contributed by atoms with Crippen molar-refractivity contribution in [1.29, 1.82) is 0 Å². The van der Waals surface area contributed by atoms with E-state index in [4.69, 9.17) is 21.1 Å². The molecule has 0 saturated carbocycles. The Balaban J connectivity index is 1.36. The predicted molar refractivity (Wildman–Crippen MR) is 135 cm³/mol. The number of piperidine rings is 1. The molecule has 1 saturated heterocycles. The number of hydrogen-bond donors (Lipinski definition) is 1. The van der Waals surface area contributed by atoms with E-state index in [0.29, 0.717) is 43.2 Å². The van der Waals surface area contributed by atoms with Gasteiger partial charge in [0.25, 0.3) is 0 Å². The van der Waals surface area contributed by atoms with Crippen LogP contribution in [0.3, 0.4) is 0 Å². The number of carbonyl (C=O) groups is 1. The standard InChI is InChI=1S/C26H27ClN2O5S/c1-33-25-14-13-23(16-24(25)27)35(31,32)29-15-5-8-20(17-29)26(30)28-21-9-11-22(12-10-21)34-18-19-6-3-2-4-7-19/h2-4,6-7,9-14,16,20H,5,8,15,17-18H2,1H3,(H,28,30)/t20-/m1/s1. The molecule has 1 aliphatic rings. The van der Waals surface area contributed by atoms with Gasteiger partial charge in [0.05, 0.1) is 22.9 Å². The minimum atomic E-state index is -3.79. The van der Waals surface area contributed by atoms with E-state index in [1.54, 1.807) is 24.3 Å². The molecular formula is C26H27ClN2O5S. The predicted octanol–water partition coefficient (Wildman–Crippen LogP) is 4.97. The van der Waals surface area contributed by atoms with E-state index in [1.165, 1.54) is 29.6 Å². The Morgan fingerprint density at radius 3 is 2.51 bits per heavy atom. The van der Waals surface area contributed by atoms with E-state index >= 15 is 0 Å². The Morgan fingerprint density at radius 1 is 1.09 bits per heavy atom. The van der Waals surface area contributed by atoms with Crippen LogP contribution in [0.15, 0.2) is 77.7 Å². The monoisotopic (exact) mass is 514 g/mol. The number of nitrogens with one attached hydrogen (secondary N) is 1. The van der Waals surface area contributed by atoms with Gasteiger partial charge in [0.1, 0.15) is 18.1 Å². The fourth-order valence-corrected chi connectivity index (χ4v) is 5.82. The van der Waals surface area contributed by atoms with Crippen molar-refractivity contribution in [3.63, 3.8) is 0 Å². The summed E-state index contributed by atoms with van der Waals surface area (Å²) in [4.78, 5) is 13.0. The molecule has 0 bridgehead atoms. The second-order valence-corrected chi connectivity index (χ2v) is 10.6. The van der Waals surface area contributed by atoms with Gasteiger partial charge in [0.2, 0.25) is 15.9 Å². The molecule has 7 nitrogen and oxygen atoms in total. The highest BCUT2D eigenvalue weighted by Crippen LogP contribution is 2.30. The Kier molecular flexibility index (Phi) is 7.95. The minimum absolute atomic E-state index is 0.0791. The molecule has 0 spiro atoms. The van der Waals surface area contributed by atoms with E-state index in [9.17, 15) is 13.2 Å². The van der Waals surface area contributed by atoms with Crippen LogP contribution in [-0.4, -0.2) is 38.8 Å². The number of rotatable bonds is 8. The van der Waals surface area contributed by atoms with E-state index in [0.717, 1.165) is 5.56 Å². The highest BCUT2D eigenvalue weighted by atomic mass is 35.5. The van der Waals surface area contributed by atoms with Crippen LogP contribution in [0.4, 0.5) is 5.69 Å². The van der Waals surface area contributed by atoms with Crippen LogP contribution < -0.4 is 14.8 Å². The second-order valence-electron chi connectivity index (χ2n) is 8.29. The largest absolute Gasteiger partial charge is 0.495 e. The van der Waals surface area contributed by atoms with Crippen LogP contribution in [0.2, 0.25) is 5.02 Å². The Morgan fingerprint density at radius 2 is 1.83 bits per heavy atom. The summed E-state index contributed by atoms with van der Waals surface area (Å²) in [6, 6.07) is 21.4. The summed E-state index contributed by atoms with van der Waals surface area (Å²) in [5, 5.41) is 3.11. The Hall–Kier alpha value is -3.07. The number of hydrogen-bond acceptors (Lipinski definition) is 5. The van der Waals surface area contributed by atoms with Crippen LogP contribution in [0.1, 0.15) is 18.4 Å². The van der Waals surface area contributed by atoms with Crippen molar-refractivity contribution in [1.82, 2.24) is 4.31 Å². The molecule has 4 rings (SSSR count). The van der Waals surface area contributed by atoms with E-state index in [1.807, 2.05) is 30.3 Å². The summed E-state index contributed by atoms with van der Waals surface area (Å²) in [7, 11) is -2.32. The van der Waals surface area contributed by atoms with Gasteiger partial charge in [0.15, 0.2) is 0 Å². The number of carbonyl (C=O) groups excluding carboxylic acids is 1. The highest BCUT2D eigenvalue weighted by Gasteiger charge is 2.33. The number of nitrogens with zero attached hydrogens (tertiary/aromatic N) is 1. The van der Waals surface area contributed by atoms with Gasteiger partial charge in [-0.25, -0.2) is 8.42 Å². The summed E-state index contributed by atoms with van der Waals surface area (Å²) >= 11 is 6.12. The molecule has 1 fully saturated rings. The van der Waals surface area contributed by atoms with Gasteiger partial charge in [-0.1, -0.05) is 41.9 Å². The van der Waals surface area contributed by atoms with Gasteiger partial charge in [-0.05, 0) is 60.9 Å². The van der Waals surface area contributed by atoms with Gasteiger partial charge in [-0.3, -0.25) is 4.79 Å². The van der Waals surface area contributed by atoms with Crippen LogP contribution in [0.25, 0.3) is 0 Å². The Bertz CT molecular complexity index is 1270. The summed E-state index contributed by atoms with van der Waals surface area (Å²) < 4.78 is 38.5. The lowest BCUT2D eigenvalue weighted by Crippen LogP contribution is -2.43. The van der Waals surface area contributed by atoms with E-state index in [2.05, 4.69) is 5.32 Å². The van der Waals surface area contributed by atoms with Crippen molar-refractivity contribution in [2.75, 3.05) is 25.5 Å². The van der Waals surface area contributed by atoms with Crippen molar-refractivity contribution < 1.29 is 22.7 Å². The number of halogens is 1. The average Bonchev–Trinajstić information content (AvgIpc) is 2.89. The lowest BCUT2D eigenvalue weighted by atomic mass is 9.99.